The summed E-state index contributed by atoms with van der Waals surface area (Å²) >= 11 is 0. The normalized spacial score (nSPS) is 39.9. The van der Waals surface area contributed by atoms with E-state index < -0.39 is 11.9 Å². The fourth-order valence-corrected chi connectivity index (χ4v) is 5.25. The molecule has 0 saturated heterocycles. The Hall–Kier alpha value is -1.06. The van der Waals surface area contributed by atoms with Gasteiger partial charge in [-0.25, -0.2) is 0 Å². The lowest BCUT2D eigenvalue weighted by Gasteiger charge is -2.55. The zero-order valence-corrected chi connectivity index (χ0v) is 12.5. The summed E-state index contributed by atoms with van der Waals surface area (Å²) in [6.07, 6.45) is 7.01. The Morgan fingerprint density at radius 3 is 1.85 bits per heavy atom. The topological polar surface area (TPSA) is 72.2 Å². The standard InChI is InChI=1S/C16H26N2O2/c1-9(2)13(14(17)19)18-15(20)16-6-10-3-11(7-16)5-12(4-10)8-16/h9-13H,3-8H2,1-2H3,(H2,17,19)(H,18,20)/t10?,11?,12?,13-,16?/m1/s1. The summed E-state index contributed by atoms with van der Waals surface area (Å²) in [4.78, 5) is 24.3. The molecule has 112 valence electrons. The first-order valence-electron chi connectivity index (χ1n) is 8.00. The van der Waals surface area contributed by atoms with E-state index in [4.69, 9.17) is 5.73 Å². The molecule has 0 unspecified atom stereocenters. The van der Waals surface area contributed by atoms with E-state index in [2.05, 4.69) is 5.32 Å². The summed E-state index contributed by atoms with van der Waals surface area (Å²) in [7, 11) is 0. The first kappa shape index (κ1) is 13.9. The minimum Gasteiger partial charge on any atom is -0.368 e. The molecule has 20 heavy (non-hydrogen) atoms. The monoisotopic (exact) mass is 278 g/mol. The van der Waals surface area contributed by atoms with Crippen LogP contribution in [0.5, 0.6) is 0 Å². The average Bonchev–Trinajstić information content (AvgIpc) is 2.32. The molecule has 0 aromatic rings. The van der Waals surface area contributed by atoms with E-state index in [1.54, 1.807) is 0 Å². The van der Waals surface area contributed by atoms with Crippen LogP contribution >= 0.6 is 0 Å². The van der Waals surface area contributed by atoms with Crippen LogP contribution in [-0.2, 0) is 9.59 Å². The number of primary amides is 1. The molecule has 0 spiro atoms. The van der Waals surface area contributed by atoms with E-state index in [9.17, 15) is 9.59 Å². The molecular weight excluding hydrogens is 252 g/mol. The van der Waals surface area contributed by atoms with Crippen molar-refractivity contribution < 1.29 is 9.59 Å². The van der Waals surface area contributed by atoms with Gasteiger partial charge in [-0.3, -0.25) is 9.59 Å². The average molecular weight is 278 g/mol. The van der Waals surface area contributed by atoms with Crippen molar-refractivity contribution in [3.05, 3.63) is 0 Å². The van der Waals surface area contributed by atoms with Crippen LogP contribution in [0.15, 0.2) is 0 Å². The minimum atomic E-state index is -0.532. The molecule has 4 nitrogen and oxygen atoms in total. The Bertz CT molecular complexity index is 395. The molecule has 4 aliphatic carbocycles. The van der Waals surface area contributed by atoms with E-state index in [-0.39, 0.29) is 17.2 Å². The van der Waals surface area contributed by atoms with E-state index in [1.165, 1.54) is 19.3 Å². The van der Waals surface area contributed by atoms with E-state index in [1.807, 2.05) is 13.8 Å². The summed E-state index contributed by atoms with van der Waals surface area (Å²) in [5.41, 5.74) is 5.23. The van der Waals surface area contributed by atoms with Gasteiger partial charge in [0.2, 0.25) is 11.8 Å². The molecule has 0 aliphatic heterocycles. The second kappa shape index (κ2) is 4.74. The maximum absolute atomic E-state index is 12.8. The number of carbonyl (C=O) groups excluding carboxylic acids is 2. The van der Waals surface area contributed by atoms with Gasteiger partial charge in [-0.15, -0.1) is 0 Å². The van der Waals surface area contributed by atoms with Gasteiger partial charge < -0.3 is 11.1 Å². The summed E-state index contributed by atoms with van der Waals surface area (Å²) in [5.74, 6) is 1.92. The first-order valence-corrected chi connectivity index (χ1v) is 8.00. The molecule has 0 heterocycles. The van der Waals surface area contributed by atoms with Crippen LogP contribution in [-0.4, -0.2) is 17.9 Å². The maximum Gasteiger partial charge on any atom is 0.240 e. The van der Waals surface area contributed by atoms with Gasteiger partial charge in [-0.2, -0.15) is 0 Å². The number of carbonyl (C=O) groups is 2. The lowest BCUT2D eigenvalue weighted by Crippen LogP contribution is -2.58. The lowest BCUT2D eigenvalue weighted by molar-refractivity contribution is -0.148. The minimum absolute atomic E-state index is 0.0466. The third-order valence-electron chi connectivity index (χ3n) is 5.78. The molecule has 4 saturated carbocycles. The molecule has 1 atom stereocenters. The summed E-state index contributed by atoms with van der Waals surface area (Å²) in [5, 5.41) is 2.96. The first-order chi connectivity index (χ1) is 9.39. The molecule has 3 N–H and O–H groups in total. The Morgan fingerprint density at radius 2 is 1.50 bits per heavy atom. The molecule has 0 aromatic carbocycles. The van der Waals surface area contributed by atoms with Crippen molar-refractivity contribution in [3.63, 3.8) is 0 Å². The predicted molar refractivity (Wildman–Crippen MR) is 76.6 cm³/mol. The fraction of sp³-hybridized carbons (Fsp3) is 0.875. The maximum atomic E-state index is 12.8. The van der Waals surface area contributed by atoms with Crippen LogP contribution in [0.2, 0.25) is 0 Å². The van der Waals surface area contributed by atoms with Crippen molar-refractivity contribution in [2.24, 2.45) is 34.8 Å². The largest absolute Gasteiger partial charge is 0.368 e. The Labute approximate surface area is 120 Å². The van der Waals surface area contributed by atoms with Crippen molar-refractivity contribution in [1.29, 1.82) is 0 Å². The van der Waals surface area contributed by atoms with E-state index >= 15 is 0 Å². The van der Waals surface area contributed by atoms with Gasteiger partial charge in [-0.05, 0) is 62.2 Å². The molecule has 4 rings (SSSR count). The van der Waals surface area contributed by atoms with Crippen LogP contribution in [0, 0.1) is 29.1 Å². The van der Waals surface area contributed by atoms with E-state index in [0.29, 0.717) is 0 Å². The number of rotatable bonds is 4. The molecule has 4 aliphatic rings. The molecule has 0 aromatic heterocycles. The molecular formula is C16H26N2O2. The third-order valence-corrected chi connectivity index (χ3v) is 5.78. The molecule has 4 fully saturated rings. The quantitative estimate of drug-likeness (QED) is 0.823. The Balaban J connectivity index is 1.75. The van der Waals surface area contributed by atoms with Crippen LogP contribution in [0.25, 0.3) is 0 Å². The van der Waals surface area contributed by atoms with Gasteiger partial charge in [0, 0.05) is 5.41 Å². The highest BCUT2D eigenvalue weighted by Crippen LogP contribution is 2.60. The number of nitrogens with one attached hydrogen (secondary N) is 1. The Morgan fingerprint density at radius 1 is 1.05 bits per heavy atom. The van der Waals surface area contributed by atoms with Crippen LogP contribution in [0.3, 0.4) is 0 Å². The van der Waals surface area contributed by atoms with Gasteiger partial charge >= 0.3 is 0 Å². The van der Waals surface area contributed by atoms with Gasteiger partial charge in [0.05, 0.1) is 0 Å². The van der Waals surface area contributed by atoms with Crippen LogP contribution in [0.4, 0.5) is 0 Å². The highest BCUT2D eigenvalue weighted by molar-refractivity contribution is 5.89. The van der Waals surface area contributed by atoms with E-state index in [0.717, 1.165) is 37.0 Å². The second-order valence-corrected chi connectivity index (χ2v) is 7.80. The third kappa shape index (κ3) is 2.23. The smallest absolute Gasteiger partial charge is 0.240 e. The van der Waals surface area contributed by atoms with Gasteiger partial charge in [0.25, 0.3) is 0 Å². The lowest BCUT2D eigenvalue weighted by atomic mass is 9.49. The Kier molecular flexibility index (Phi) is 3.30. The van der Waals surface area contributed by atoms with Crippen LogP contribution < -0.4 is 11.1 Å². The van der Waals surface area contributed by atoms with Gasteiger partial charge in [0.15, 0.2) is 0 Å². The zero-order valence-electron chi connectivity index (χ0n) is 12.5. The second-order valence-electron chi connectivity index (χ2n) is 7.80. The van der Waals surface area contributed by atoms with Crippen molar-refractivity contribution in [3.8, 4) is 0 Å². The SMILES string of the molecule is CC(C)[C@@H](NC(=O)C12CC3CC(CC(C3)C1)C2)C(N)=O. The van der Waals surface area contributed by atoms with Crippen LogP contribution in [0.1, 0.15) is 52.4 Å². The summed E-state index contributed by atoms with van der Waals surface area (Å²) < 4.78 is 0. The zero-order chi connectivity index (χ0) is 14.5. The summed E-state index contributed by atoms with van der Waals surface area (Å²) in [6.45, 7) is 3.85. The predicted octanol–water partition coefficient (Wildman–Crippen LogP) is 1.83. The van der Waals surface area contributed by atoms with Crippen molar-refractivity contribution in [1.82, 2.24) is 5.32 Å². The molecule has 0 radical (unpaired) electrons. The van der Waals surface area contributed by atoms with Gasteiger partial charge in [0.1, 0.15) is 6.04 Å². The fourth-order valence-electron chi connectivity index (χ4n) is 5.25. The number of amides is 2. The summed E-state index contributed by atoms with van der Waals surface area (Å²) in [6, 6.07) is -0.532. The van der Waals surface area contributed by atoms with Crippen molar-refractivity contribution >= 4 is 11.8 Å². The number of hydrogen-bond donors (Lipinski definition) is 2. The van der Waals surface area contributed by atoms with Gasteiger partial charge in [-0.1, -0.05) is 13.8 Å². The number of hydrogen-bond acceptors (Lipinski definition) is 2. The molecule has 4 heteroatoms. The molecule has 2 amide bonds. The molecule has 4 bridgehead atoms. The van der Waals surface area contributed by atoms with Crippen molar-refractivity contribution in [2.75, 3.05) is 0 Å². The van der Waals surface area contributed by atoms with Crippen molar-refractivity contribution in [2.45, 2.75) is 58.4 Å². The number of nitrogens with two attached hydrogens (primary N) is 1. The highest BCUT2D eigenvalue weighted by Gasteiger charge is 2.54. The highest BCUT2D eigenvalue weighted by atomic mass is 16.2.